The van der Waals surface area contributed by atoms with Crippen molar-refractivity contribution in [3.8, 4) is 0 Å². The van der Waals surface area contributed by atoms with Crippen molar-refractivity contribution in [1.29, 1.82) is 0 Å². The average molecular weight is 235 g/mol. The molecule has 0 N–H and O–H groups in total. The Bertz CT molecular complexity index is 434. The summed E-state index contributed by atoms with van der Waals surface area (Å²) in [5.41, 5.74) is 2.44. The van der Waals surface area contributed by atoms with Gasteiger partial charge in [-0.15, -0.1) is 11.3 Å². The fourth-order valence-electron chi connectivity index (χ4n) is 1.48. The van der Waals surface area contributed by atoms with E-state index in [-0.39, 0.29) is 0 Å². The number of rotatable bonds is 3. The Morgan fingerprint density at radius 2 is 2.00 bits per heavy atom. The monoisotopic (exact) mass is 235 g/mol. The van der Waals surface area contributed by atoms with Crippen molar-refractivity contribution in [3.63, 3.8) is 0 Å². The molecule has 0 aliphatic rings. The molecule has 0 spiro atoms. The van der Waals surface area contributed by atoms with E-state index in [1.165, 1.54) is 15.4 Å². The molecule has 0 radical (unpaired) electrons. The average Bonchev–Trinajstić information content (AvgIpc) is 2.60. The van der Waals surface area contributed by atoms with Crippen LogP contribution >= 0.6 is 24.0 Å². The second kappa shape index (κ2) is 4.81. The van der Waals surface area contributed by atoms with Crippen LogP contribution < -0.4 is 0 Å². The lowest BCUT2D eigenvalue weighted by atomic mass is 10.2. The van der Waals surface area contributed by atoms with E-state index in [0.717, 1.165) is 17.9 Å². The zero-order valence-electron chi connectivity index (χ0n) is 8.60. The van der Waals surface area contributed by atoms with Gasteiger partial charge >= 0.3 is 0 Å². The molecule has 0 amide bonds. The normalized spacial score (nSPS) is 10.5. The van der Waals surface area contributed by atoms with E-state index in [1.54, 1.807) is 11.3 Å². The molecule has 0 aliphatic carbocycles. The molecular formula is C12H13NS2. The van der Waals surface area contributed by atoms with Crippen LogP contribution in [0.3, 0.4) is 0 Å². The maximum atomic E-state index is 4.55. The molecule has 1 heterocycles. The van der Waals surface area contributed by atoms with E-state index < -0.39 is 0 Å². The van der Waals surface area contributed by atoms with Crippen LogP contribution in [0.4, 0.5) is 0 Å². The third-order valence-electron chi connectivity index (χ3n) is 2.28. The Balaban J connectivity index is 2.18. The van der Waals surface area contributed by atoms with E-state index in [4.69, 9.17) is 0 Å². The van der Waals surface area contributed by atoms with Gasteiger partial charge in [0, 0.05) is 17.1 Å². The molecule has 0 unspecified atom stereocenters. The minimum atomic E-state index is 0.790. The van der Waals surface area contributed by atoms with Crippen LogP contribution in [0.5, 0.6) is 0 Å². The first kappa shape index (κ1) is 10.7. The van der Waals surface area contributed by atoms with Gasteiger partial charge in [-0.2, -0.15) is 12.6 Å². The quantitative estimate of drug-likeness (QED) is 0.804. The van der Waals surface area contributed by atoms with Crippen LogP contribution in [0.1, 0.15) is 21.1 Å². The van der Waals surface area contributed by atoms with Gasteiger partial charge in [-0.25, -0.2) is 4.98 Å². The number of thiol groups is 1. The fourth-order valence-corrected chi connectivity index (χ4v) is 2.87. The van der Waals surface area contributed by atoms with Gasteiger partial charge in [0.05, 0.1) is 10.7 Å². The number of aromatic nitrogens is 1. The van der Waals surface area contributed by atoms with Gasteiger partial charge < -0.3 is 0 Å². The van der Waals surface area contributed by atoms with Crippen LogP contribution in [0, 0.1) is 6.92 Å². The summed E-state index contributed by atoms with van der Waals surface area (Å²) in [7, 11) is 0. The Kier molecular flexibility index (Phi) is 3.44. The maximum Gasteiger partial charge on any atom is 0.0975 e. The van der Waals surface area contributed by atoms with Gasteiger partial charge in [-0.1, -0.05) is 30.3 Å². The van der Waals surface area contributed by atoms with Gasteiger partial charge in [0.15, 0.2) is 0 Å². The topological polar surface area (TPSA) is 12.9 Å². The first-order valence-corrected chi connectivity index (χ1v) is 6.34. The van der Waals surface area contributed by atoms with Crippen molar-refractivity contribution >= 4 is 24.0 Å². The number of aryl methyl sites for hydroxylation is 1. The summed E-state index contributed by atoms with van der Waals surface area (Å²) < 4.78 is 0. The minimum absolute atomic E-state index is 0.790. The predicted molar refractivity (Wildman–Crippen MR) is 68.8 cm³/mol. The molecule has 0 bridgehead atoms. The van der Waals surface area contributed by atoms with E-state index in [0.29, 0.717) is 0 Å². The molecule has 1 nitrogen and oxygen atoms in total. The van der Waals surface area contributed by atoms with Crippen LogP contribution in [0.2, 0.25) is 0 Å². The first-order chi connectivity index (χ1) is 7.29. The standard InChI is InChI=1S/C12H13NS2/c1-9-11(8-14)15-12(13-9)7-10-5-3-2-4-6-10/h2-6,14H,7-8H2,1H3. The van der Waals surface area contributed by atoms with Gasteiger partial charge in [0.2, 0.25) is 0 Å². The lowest BCUT2D eigenvalue weighted by Crippen LogP contribution is -1.86. The number of hydrogen-bond acceptors (Lipinski definition) is 3. The van der Waals surface area contributed by atoms with Gasteiger partial charge in [-0.3, -0.25) is 0 Å². The van der Waals surface area contributed by atoms with E-state index in [9.17, 15) is 0 Å². The lowest BCUT2D eigenvalue weighted by molar-refractivity contribution is 1.09. The number of benzene rings is 1. The number of nitrogens with zero attached hydrogens (tertiary/aromatic N) is 1. The Morgan fingerprint density at radius 3 is 2.60 bits per heavy atom. The summed E-state index contributed by atoms with van der Waals surface area (Å²) in [6.45, 7) is 2.05. The summed E-state index contributed by atoms with van der Waals surface area (Å²) in [5.74, 6) is 0.790. The van der Waals surface area contributed by atoms with E-state index in [1.807, 2.05) is 6.07 Å². The highest BCUT2D eigenvalue weighted by Crippen LogP contribution is 2.21. The molecular weight excluding hydrogens is 222 g/mol. The summed E-state index contributed by atoms with van der Waals surface area (Å²) in [4.78, 5) is 5.83. The summed E-state index contributed by atoms with van der Waals surface area (Å²) >= 11 is 6.06. The molecule has 0 saturated carbocycles. The second-order valence-corrected chi connectivity index (χ2v) is 4.92. The maximum absolute atomic E-state index is 4.55. The highest BCUT2D eigenvalue weighted by molar-refractivity contribution is 7.79. The number of hydrogen-bond donors (Lipinski definition) is 1. The molecule has 0 aliphatic heterocycles. The van der Waals surface area contributed by atoms with Gasteiger partial charge in [0.1, 0.15) is 0 Å². The predicted octanol–water partition coefficient (Wildman–Crippen LogP) is 3.47. The Hall–Kier alpha value is -0.800. The molecule has 1 aromatic heterocycles. The zero-order valence-corrected chi connectivity index (χ0v) is 10.3. The summed E-state index contributed by atoms with van der Waals surface area (Å²) in [5, 5.41) is 1.18. The molecule has 1 aromatic carbocycles. The van der Waals surface area contributed by atoms with Crippen LogP contribution in [-0.4, -0.2) is 4.98 Å². The smallest absolute Gasteiger partial charge is 0.0975 e. The molecule has 78 valence electrons. The van der Waals surface area contributed by atoms with Crippen molar-refractivity contribution in [1.82, 2.24) is 4.98 Å². The molecule has 2 rings (SSSR count). The highest BCUT2D eigenvalue weighted by Gasteiger charge is 2.06. The zero-order chi connectivity index (χ0) is 10.7. The first-order valence-electron chi connectivity index (χ1n) is 4.89. The molecule has 3 heteroatoms. The van der Waals surface area contributed by atoms with Crippen LogP contribution in [-0.2, 0) is 12.2 Å². The fraction of sp³-hybridized carbons (Fsp3) is 0.250. The van der Waals surface area contributed by atoms with Crippen LogP contribution in [0.15, 0.2) is 30.3 Å². The van der Waals surface area contributed by atoms with Crippen molar-refractivity contribution in [2.75, 3.05) is 0 Å². The molecule has 0 saturated heterocycles. The minimum Gasteiger partial charge on any atom is -0.246 e. The third kappa shape index (κ3) is 2.61. The van der Waals surface area contributed by atoms with Crippen LogP contribution in [0.25, 0.3) is 0 Å². The highest BCUT2D eigenvalue weighted by atomic mass is 32.1. The largest absolute Gasteiger partial charge is 0.246 e. The SMILES string of the molecule is Cc1nc(Cc2ccccc2)sc1CS. The van der Waals surface area contributed by atoms with Crippen molar-refractivity contribution in [2.24, 2.45) is 0 Å². The second-order valence-electron chi connectivity index (χ2n) is 3.44. The summed E-state index contributed by atoms with van der Waals surface area (Å²) in [6.07, 6.45) is 0.931. The molecule has 15 heavy (non-hydrogen) atoms. The number of thiazole rings is 1. The van der Waals surface area contributed by atoms with Gasteiger partial charge in [0.25, 0.3) is 0 Å². The van der Waals surface area contributed by atoms with Gasteiger partial charge in [-0.05, 0) is 12.5 Å². The molecule has 0 fully saturated rings. The van der Waals surface area contributed by atoms with E-state index in [2.05, 4.69) is 48.8 Å². The Labute approximate surface area is 99.6 Å². The van der Waals surface area contributed by atoms with Crippen molar-refractivity contribution in [3.05, 3.63) is 51.5 Å². The van der Waals surface area contributed by atoms with E-state index >= 15 is 0 Å². The molecule has 2 aromatic rings. The summed E-state index contributed by atoms with van der Waals surface area (Å²) in [6, 6.07) is 10.4. The Morgan fingerprint density at radius 1 is 1.27 bits per heavy atom. The van der Waals surface area contributed by atoms with Crippen molar-refractivity contribution in [2.45, 2.75) is 19.1 Å². The third-order valence-corrected chi connectivity index (χ3v) is 3.97. The van der Waals surface area contributed by atoms with Crippen molar-refractivity contribution < 1.29 is 0 Å². The molecule has 0 atom stereocenters. The lowest BCUT2D eigenvalue weighted by Gasteiger charge is -1.95.